The van der Waals surface area contributed by atoms with Gasteiger partial charge in [0.2, 0.25) is 12.3 Å². The van der Waals surface area contributed by atoms with Crippen LogP contribution in [0.25, 0.3) is 0 Å². The van der Waals surface area contributed by atoms with Gasteiger partial charge in [-0.2, -0.15) is 0 Å². The largest absolute Gasteiger partial charge is 0.482 e. The topological polar surface area (TPSA) is 102 Å². The Bertz CT molecular complexity index is 1140. The molecule has 1 fully saturated rings. The summed E-state index contributed by atoms with van der Waals surface area (Å²) >= 11 is 1.66. The van der Waals surface area contributed by atoms with Gasteiger partial charge >= 0.3 is 0 Å². The molecule has 226 valence electrons. The summed E-state index contributed by atoms with van der Waals surface area (Å²) < 4.78 is 45.2. The van der Waals surface area contributed by atoms with E-state index in [0.717, 1.165) is 23.8 Å². The molecule has 1 aliphatic rings. The number of carbonyl (C=O) groups is 3. The maximum Gasteiger partial charge on any atom is 0.224 e. The Balaban J connectivity index is 0.000000287. The van der Waals surface area contributed by atoms with Crippen molar-refractivity contribution in [2.24, 2.45) is 17.6 Å². The van der Waals surface area contributed by atoms with E-state index in [-0.39, 0.29) is 41.9 Å². The first-order valence-electron chi connectivity index (χ1n) is 13.7. The maximum absolute atomic E-state index is 13.5. The van der Waals surface area contributed by atoms with Gasteiger partial charge in [-0.3, -0.25) is 14.4 Å². The van der Waals surface area contributed by atoms with Crippen LogP contribution in [0.2, 0.25) is 0 Å². The molecule has 2 unspecified atom stereocenters. The second kappa shape index (κ2) is 17.0. The van der Waals surface area contributed by atoms with Crippen molar-refractivity contribution in [3.63, 3.8) is 0 Å². The molecule has 0 aromatic heterocycles. The average molecular weight is 596 g/mol. The van der Waals surface area contributed by atoms with Crippen molar-refractivity contribution >= 4 is 29.9 Å². The second-order valence-electron chi connectivity index (χ2n) is 10.4. The van der Waals surface area contributed by atoms with Gasteiger partial charge in [0.25, 0.3) is 0 Å². The van der Waals surface area contributed by atoms with Gasteiger partial charge in [0.15, 0.2) is 23.5 Å². The number of carbonyl (C=O) groups excluding carboxylic acids is 3. The first-order valence-corrected chi connectivity index (χ1v) is 14.8. The molecule has 0 spiro atoms. The van der Waals surface area contributed by atoms with Crippen molar-refractivity contribution in [1.82, 2.24) is 10.2 Å². The fraction of sp³-hybridized carbons (Fsp3) is 0.500. The second-order valence-corrected chi connectivity index (χ2v) is 11.4. The molecule has 3 rings (SSSR count). The molecule has 3 N–H and O–H groups in total. The molecule has 2 amide bonds. The third-order valence-corrected chi connectivity index (χ3v) is 7.64. The third-order valence-electron chi connectivity index (χ3n) is 6.67. The normalized spacial score (nSPS) is 15.0. The Kier molecular flexibility index (Phi) is 14.2. The summed E-state index contributed by atoms with van der Waals surface area (Å²) in [6, 6.07) is 8.11. The summed E-state index contributed by atoms with van der Waals surface area (Å²) in [4.78, 5) is 36.2. The molecule has 0 aliphatic carbocycles. The van der Waals surface area contributed by atoms with Gasteiger partial charge in [-0.25, -0.2) is 13.2 Å². The summed E-state index contributed by atoms with van der Waals surface area (Å²) in [6.45, 7) is 9.11. The molecule has 0 bridgehead atoms. The highest BCUT2D eigenvalue weighted by atomic mass is 32.2. The first kappa shape index (κ1) is 34.2. The number of nitrogens with zero attached hydrogens (tertiary/aromatic N) is 1. The first-order chi connectivity index (χ1) is 19.5. The summed E-state index contributed by atoms with van der Waals surface area (Å²) in [5.74, 6) is -0.769. The van der Waals surface area contributed by atoms with Crippen LogP contribution >= 0.6 is 11.8 Å². The zero-order valence-corrected chi connectivity index (χ0v) is 24.8. The standard InChI is InChI=1S/C17H25NO3.C13H15F3N2OS/c1-5-13(4)16(20)17(12(2)3)21-15-8-6-14(7-9-15)10-18-11-19;14-10-6-12(16)11(15)4-8(10)3-9(17)5-13(19)18-1-2-20-7-18/h6-9,11-13,17H,5,10H2,1-4H3,(H,18,19);4,6,9H,1-3,5,7,17H2/t13?,17-;/m0./s1. The molecule has 3 atom stereocenters. The summed E-state index contributed by atoms with van der Waals surface area (Å²) in [6.07, 6.45) is 1.14. The molecular weight excluding hydrogens is 555 g/mol. The van der Waals surface area contributed by atoms with E-state index in [4.69, 9.17) is 10.5 Å². The van der Waals surface area contributed by atoms with Crippen LogP contribution in [-0.4, -0.2) is 53.3 Å². The van der Waals surface area contributed by atoms with Crippen molar-refractivity contribution < 1.29 is 32.3 Å². The third kappa shape index (κ3) is 11.0. The molecule has 0 saturated carbocycles. The van der Waals surface area contributed by atoms with Gasteiger partial charge in [-0.1, -0.05) is 39.8 Å². The molecule has 1 saturated heterocycles. The quantitative estimate of drug-likeness (QED) is 0.254. The number of rotatable bonds is 13. The number of nitrogens with two attached hydrogens (primary N) is 1. The molecule has 1 aliphatic heterocycles. The minimum Gasteiger partial charge on any atom is -0.482 e. The number of amides is 2. The molecule has 1 heterocycles. The van der Waals surface area contributed by atoms with E-state index in [1.54, 1.807) is 16.7 Å². The van der Waals surface area contributed by atoms with E-state index in [1.807, 2.05) is 52.0 Å². The van der Waals surface area contributed by atoms with E-state index in [2.05, 4.69) is 5.32 Å². The highest BCUT2D eigenvalue weighted by molar-refractivity contribution is 7.99. The Morgan fingerprint density at radius 2 is 1.76 bits per heavy atom. The molecule has 2 aromatic rings. The van der Waals surface area contributed by atoms with Gasteiger partial charge in [-0.05, 0) is 48.1 Å². The van der Waals surface area contributed by atoms with E-state index in [0.29, 0.717) is 37.2 Å². The summed E-state index contributed by atoms with van der Waals surface area (Å²) in [5.41, 5.74) is 6.77. The fourth-order valence-electron chi connectivity index (χ4n) is 4.04. The van der Waals surface area contributed by atoms with Crippen LogP contribution < -0.4 is 15.8 Å². The number of nitrogens with one attached hydrogen (secondary N) is 1. The van der Waals surface area contributed by atoms with Crippen LogP contribution in [0.4, 0.5) is 13.2 Å². The number of Topliss-reactive ketones (excluding diaryl/α,β-unsaturated/α-hetero) is 1. The Morgan fingerprint density at radius 1 is 1.10 bits per heavy atom. The summed E-state index contributed by atoms with van der Waals surface area (Å²) in [5, 5.41) is 2.61. The van der Waals surface area contributed by atoms with E-state index >= 15 is 0 Å². The van der Waals surface area contributed by atoms with Crippen LogP contribution in [0.5, 0.6) is 5.75 Å². The van der Waals surface area contributed by atoms with Crippen LogP contribution in [0.3, 0.4) is 0 Å². The minimum atomic E-state index is -1.23. The predicted molar refractivity (Wildman–Crippen MR) is 155 cm³/mol. The van der Waals surface area contributed by atoms with Crippen LogP contribution in [0.1, 0.15) is 51.7 Å². The number of hydrogen-bond donors (Lipinski definition) is 2. The molecule has 7 nitrogen and oxygen atoms in total. The van der Waals surface area contributed by atoms with Crippen molar-refractivity contribution in [3.8, 4) is 5.75 Å². The van der Waals surface area contributed by atoms with E-state index in [1.165, 1.54) is 0 Å². The van der Waals surface area contributed by atoms with Crippen LogP contribution in [-0.2, 0) is 27.3 Å². The summed E-state index contributed by atoms with van der Waals surface area (Å²) in [7, 11) is 0. The Labute approximate surface area is 244 Å². The highest BCUT2D eigenvalue weighted by Crippen LogP contribution is 2.21. The lowest BCUT2D eigenvalue weighted by Gasteiger charge is -2.24. The maximum atomic E-state index is 13.5. The SMILES string of the molecule is CCC(C)C(=O)[C@@H](Oc1ccc(CNC=O)cc1)C(C)C.NC(CC(=O)N1CCSC1)Cc1cc(F)c(F)cc1F. The minimum absolute atomic E-state index is 0.00421. The van der Waals surface area contributed by atoms with Gasteiger partial charge in [0.1, 0.15) is 11.6 Å². The lowest BCUT2D eigenvalue weighted by atomic mass is 9.93. The number of halogens is 3. The lowest BCUT2D eigenvalue weighted by Crippen LogP contribution is -2.36. The molecule has 2 aromatic carbocycles. The van der Waals surface area contributed by atoms with Crippen LogP contribution in [0, 0.1) is 29.3 Å². The van der Waals surface area contributed by atoms with Gasteiger partial charge in [0.05, 0.1) is 5.88 Å². The smallest absolute Gasteiger partial charge is 0.224 e. The van der Waals surface area contributed by atoms with Gasteiger partial charge < -0.3 is 20.7 Å². The Morgan fingerprint density at radius 3 is 2.32 bits per heavy atom. The lowest BCUT2D eigenvalue weighted by molar-refractivity contribution is -0.131. The zero-order chi connectivity index (χ0) is 30.5. The van der Waals surface area contributed by atoms with Crippen molar-refractivity contribution in [2.75, 3.05) is 18.2 Å². The van der Waals surface area contributed by atoms with Crippen molar-refractivity contribution in [3.05, 3.63) is 65.0 Å². The van der Waals surface area contributed by atoms with E-state index < -0.39 is 29.6 Å². The average Bonchev–Trinajstić information content (AvgIpc) is 3.49. The van der Waals surface area contributed by atoms with Crippen LogP contribution in [0.15, 0.2) is 36.4 Å². The number of ketones is 1. The molecular formula is C30H40F3N3O4S. The number of ether oxygens (including phenoxy) is 1. The molecule has 41 heavy (non-hydrogen) atoms. The van der Waals surface area contributed by atoms with Crippen molar-refractivity contribution in [1.29, 1.82) is 0 Å². The monoisotopic (exact) mass is 595 g/mol. The van der Waals surface area contributed by atoms with Gasteiger partial charge in [0, 0.05) is 43.3 Å². The zero-order valence-electron chi connectivity index (χ0n) is 24.0. The highest BCUT2D eigenvalue weighted by Gasteiger charge is 2.27. The number of hydrogen-bond acceptors (Lipinski definition) is 6. The predicted octanol–water partition coefficient (Wildman–Crippen LogP) is 4.85. The van der Waals surface area contributed by atoms with E-state index in [9.17, 15) is 27.6 Å². The molecule has 11 heteroatoms. The number of thioether (sulfide) groups is 1. The molecule has 0 radical (unpaired) electrons. The Hall–Kier alpha value is -3.05. The fourth-order valence-corrected chi connectivity index (χ4v) is 5.01. The van der Waals surface area contributed by atoms with Gasteiger partial charge in [-0.15, -0.1) is 11.8 Å². The number of benzene rings is 2. The van der Waals surface area contributed by atoms with Crippen molar-refractivity contribution in [2.45, 2.75) is 65.6 Å².